The van der Waals surface area contributed by atoms with Crippen LogP contribution >= 0.6 is 0 Å². The Kier molecular flexibility index (Phi) is 7.15. The van der Waals surface area contributed by atoms with Gasteiger partial charge in [0.25, 0.3) is 5.88 Å². The van der Waals surface area contributed by atoms with E-state index in [9.17, 15) is 4.39 Å². The van der Waals surface area contributed by atoms with E-state index >= 15 is 0 Å². The number of nitrogens with one attached hydrogen (secondary N) is 1. The minimum atomic E-state index is -0.507. The van der Waals surface area contributed by atoms with E-state index in [1.807, 2.05) is 6.92 Å². The van der Waals surface area contributed by atoms with Gasteiger partial charge >= 0.3 is 0 Å². The molecule has 1 N–H and O–H groups in total. The fourth-order valence-corrected chi connectivity index (χ4v) is 1.79. The first-order chi connectivity index (χ1) is 9.21. The summed E-state index contributed by atoms with van der Waals surface area (Å²) in [6, 6.07) is 0. The Morgan fingerprint density at radius 1 is 1.37 bits per heavy atom. The van der Waals surface area contributed by atoms with Gasteiger partial charge in [0.1, 0.15) is 0 Å². The minimum Gasteiger partial charge on any atom is -0.475 e. The highest BCUT2D eigenvalue weighted by Gasteiger charge is 2.11. The van der Waals surface area contributed by atoms with Crippen molar-refractivity contribution in [2.45, 2.75) is 46.5 Å². The van der Waals surface area contributed by atoms with Crippen LogP contribution in [0.25, 0.3) is 0 Å². The fourth-order valence-electron chi connectivity index (χ4n) is 1.79. The molecule has 1 rings (SSSR count). The van der Waals surface area contributed by atoms with E-state index in [4.69, 9.17) is 4.74 Å². The van der Waals surface area contributed by atoms with Gasteiger partial charge in [0.15, 0.2) is 0 Å². The van der Waals surface area contributed by atoms with Gasteiger partial charge in [-0.1, -0.05) is 33.1 Å². The number of rotatable bonds is 9. The van der Waals surface area contributed by atoms with E-state index in [1.165, 1.54) is 12.8 Å². The van der Waals surface area contributed by atoms with E-state index in [0.717, 1.165) is 19.0 Å². The molecule has 0 amide bonds. The first-order valence-electron chi connectivity index (χ1n) is 7.10. The molecule has 1 unspecified atom stereocenters. The quantitative estimate of drug-likeness (QED) is 0.743. The van der Waals surface area contributed by atoms with Gasteiger partial charge in [-0.15, -0.1) is 0 Å². The lowest BCUT2D eigenvalue weighted by molar-refractivity contribution is 0.216. The molecule has 0 fully saturated rings. The third-order valence-corrected chi connectivity index (χ3v) is 3.05. The number of nitrogens with zero attached hydrogens (tertiary/aromatic N) is 2. The topological polar surface area (TPSA) is 47.0 Å². The van der Waals surface area contributed by atoms with Gasteiger partial charge in [-0.25, -0.2) is 4.98 Å². The standard InChI is InChI=1S/C14H24FN3O/c1-4-7-8-11(5-2)10-19-13-12(15)9-17-14(18-13)16-6-3/h9,11H,4-8,10H2,1-3H3,(H,16,17,18). The van der Waals surface area contributed by atoms with Crippen molar-refractivity contribution >= 4 is 5.95 Å². The molecule has 5 heteroatoms. The van der Waals surface area contributed by atoms with Crippen LogP contribution in [0.1, 0.15) is 46.5 Å². The van der Waals surface area contributed by atoms with Gasteiger partial charge in [-0.2, -0.15) is 9.37 Å². The lowest BCUT2D eigenvalue weighted by Gasteiger charge is -2.15. The molecule has 0 aliphatic heterocycles. The third-order valence-electron chi connectivity index (χ3n) is 3.05. The number of halogens is 1. The molecule has 0 aliphatic carbocycles. The molecule has 108 valence electrons. The molecule has 0 aliphatic rings. The largest absolute Gasteiger partial charge is 0.475 e. The van der Waals surface area contributed by atoms with Crippen molar-refractivity contribution in [3.63, 3.8) is 0 Å². The summed E-state index contributed by atoms with van der Waals surface area (Å²) in [6.45, 7) is 7.44. The Morgan fingerprint density at radius 3 is 2.79 bits per heavy atom. The lowest BCUT2D eigenvalue weighted by atomic mass is 10.0. The first-order valence-corrected chi connectivity index (χ1v) is 7.10. The van der Waals surface area contributed by atoms with E-state index in [1.54, 1.807) is 0 Å². The summed E-state index contributed by atoms with van der Waals surface area (Å²) < 4.78 is 19.0. The Labute approximate surface area is 114 Å². The van der Waals surface area contributed by atoms with Crippen LogP contribution in [0.2, 0.25) is 0 Å². The van der Waals surface area contributed by atoms with E-state index in [-0.39, 0.29) is 5.88 Å². The molecular weight excluding hydrogens is 245 g/mol. The normalized spacial score (nSPS) is 12.2. The minimum absolute atomic E-state index is 0.0425. The Balaban J connectivity index is 2.57. The first kappa shape index (κ1) is 15.7. The van der Waals surface area contributed by atoms with Crippen LogP contribution < -0.4 is 10.1 Å². The Hall–Kier alpha value is -1.39. The maximum atomic E-state index is 13.5. The zero-order chi connectivity index (χ0) is 14.1. The van der Waals surface area contributed by atoms with Crippen molar-refractivity contribution in [1.29, 1.82) is 0 Å². The molecule has 0 bridgehead atoms. The van der Waals surface area contributed by atoms with Crippen molar-refractivity contribution in [3.05, 3.63) is 12.0 Å². The second-order valence-electron chi connectivity index (χ2n) is 4.60. The molecule has 0 saturated carbocycles. The highest BCUT2D eigenvalue weighted by Crippen LogP contribution is 2.18. The van der Waals surface area contributed by atoms with Gasteiger partial charge in [-0.3, -0.25) is 0 Å². The van der Waals surface area contributed by atoms with E-state index in [2.05, 4.69) is 29.1 Å². The summed E-state index contributed by atoms with van der Waals surface area (Å²) in [4.78, 5) is 7.88. The number of ether oxygens (including phenoxy) is 1. The van der Waals surface area contributed by atoms with Crippen LogP contribution in [0.15, 0.2) is 6.20 Å². The van der Waals surface area contributed by atoms with Gasteiger partial charge < -0.3 is 10.1 Å². The number of hydrogen-bond donors (Lipinski definition) is 1. The van der Waals surface area contributed by atoms with E-state index < -0.39 is 5.82 Å². The summed E-state index contributed by atoms with van der Waals surface area (Å²) in [6.07, 6.45) is 5.64. The van der Waals surface area contributed by atoms with Crippen LogP contribution in [0.5, 0.6) is 5.88 Å². The van der Waals surface area contributed by atoms with Crippen molar-refractivity contribution in [3.8, 4) is 5.88 Å². The zero-order valence-electron chi connectivity index (χ0n) is 12.1. The molecule has 1 heterocycles. The maximum Gasteiger partial charge on any atom is 0.255 e. The molecule has 1 aromatic heterocycles. The Bertz CT molecular complexity index is 374. The highest BCUT2D eigenvalue weighted by atomic mass is 19.1. The molecule has 0 radical (unpaired) electrons. The molecule has 1 aromatic rings. The monoisotopic (exact) mass is 269 g/mol. The van der Waals surface area contributed by atoms with Crippen LogP contribution in [0.4, 0.5) is 10.3 Å². The van der Waals surface area contributed by atoms with Gasteiger partial charge in [-0.05, 0) is 19.3 Å². The average molecular weight is 269 g/mol. The highest BCUT2D eigenvalue weighted by molar-refractivity contribution is 5.27. The maximum absolute atomic E-state index is 13.5. The second-order valence-corrected chi connectivity index (χ2v) is 4.60. The van der Waals surface area contributed by atoms with E-state index in [0.29, 0.717) is 25.0 Å². The third kappa shape index (κ3) is 5.41. The summed E-state index contributed by atoms with van der Waals surface area (Å²) in [7, 11) is 0. The fraction of sp³-hybridized carbons (Fsp3) is 0.714. The SMILES string of the molecule is CCCCC(CC)COc1nc(NCC)ncc1F. The van der Waals surface area contributed by atoms with Crippen molar-refractivity contribution in [2.24, 2.45) is 5.92 Å². The smallest absolute Gasteiger partial charge is 0.255 e. The predicted molar refractivity (Wildman–Crippen MR) is 75.0 cm³/mol. The summed E-state index contributed by atoms with van der Waals surface area (Å²) in [5.41, 5.74) is 0. The predicted octanol–water partition coefficient (Wildman–Crippen LogP) is 3.64. The Morgan fingerprint density at radius 2 is 2.16 bits per heavy atom. The average Bonchev–Trinajstić information content (AvgIpc) is 2.42. The zero-order valence-corrected chi connectivity index (χ0v) is 12.1. The molecule has 0 aromatic carbocycles. The number of hydrogen-bond acceptors (Lipinski definition) is 4. The van der Waals surface area contributed by atoms with Crippen LogP contribution in [-0.2, 0) is 0 Å². The van der Waals surface area contributed by atoms with Gasteiger partial charge in [0.05, 0.1) is 12.8 Å². The molecule has 19 heavy (non-hydrogen) atoms. The summed E-state index contributed by atoms with van der Waals surface area (Å²) >= 11 is 0. The molecular formula is C14H24FN3O. The van der Waals surface area contributed by atoms with Crippen LogP contribution in [0, 0.1) is 11.7 Å². The van der Waals surface area contributed by atoms with Crippen LogP contribution in [-0.4, -0.2) is 23.1 Å². The molecule has 0 saturated heterocycles. The molecule has 4 nitrogen and oxygen atoms in total. The molecule has 1 atom stereocenters. The lowest BCUT2D eigenvalue weighted by Crippen LogP contribution is -2.13. The summed E-state index contributed by atoms with van der Waals surface area (Å²) in [5, 5.41) is 2.94. The second kappa shape index (κ2) is 8.67. The van der Waals surface area contributed by atoms with Crippen molar-refractivity contribution in [2.75, 3.05) is 18.5 Å². The van der Waals surface area contributed by atoms with Crippen molar-refractivity contribution < 1.29 is 9.13 Å². The van der Waals surface area contributed by atoms with Gasteiger partial charge in [0, 0.05) is 6.54 Å². The molecule has 0 spiro atoms. The number of anilines is 1. The van der Waals surface area contributed by atoms with Crippen molar-refractivity contribution in [1.82, 2.24) is 9.97 Å². The number of unbranched alkanes of at least 4 members (excludes halogenated alkanes) is 1. The van der Waals surface area contributed by atoms with Crippen LogP contribution in [0.3, 0.4) is 0 Å². The summed E-state index contributed by atoms with van der Waals surface area (Å²) in [5.74, 6) is 0.394. The van der Waals surface area contributed by atoms with Gasteiger partial charge in [0.2, 0.25) is 11.8 Å². The number of aromatic nitrogens is 2.